The molecule has 0 fully saturated rings. The highest BCUT2D eigenvalue weighted by atomic mass is 32.2. The molecular weight excluding hydrogens is 366 g/mol. The van der Waals surface area contributed by atoms with Gasteiger partial charge in [-0.05, 0) is 43.8 Å². The molecule has 0 atom stereocenters. The third-order valence-corrected chi connectivity index (χ3v) is 5.57. The van der Waals surface area contributed by atoms with Gasteiger partial charge in [0.05, 0.1) is 7.11 Å². The number of nitrogens with zero attached hydrogens (tertiary/aromatic N) is 1. The molecule has 0 aliphatic carbocycles. The Balaban J connectivity index is 1.95. The van der Waals surface area contributed by atoms with Crippen molar-refractivity contribution in [1.29, 1.82) is 0 Å². The number of nitrogens with one attached hydrogen (secondary N) is 2. The van der Waals surface area contributed by atoms with Crippen LogP contribution in [0.1, 0.15) is 16.8 Å². The van der Waals surface area contributed by atoms with Crippen LogP contribution >= 0.6 is 0 Å². The fourth-order valence-electron chi connectivity index (χ4n) is 2.57. The summed E-state index contributed by atoms with van der Waals surface area (Å²) in [5.41, 5.74) is 1.38. The fourth-order valence-corrected chi connectivity index (χ4v) is 3.49. The molecule has 8 heteroatoms. The van der Waals surface area contributed by atoms with Gasteiger partial charge < -0.3 is 15.0 Å². The van der Waals surface area contributed by atoms with E-state index in [-0.39, 0.29) is 22.1 Å². The Morgan fingerprint density at radius 1 is 1.15 bits per heavy atom. The van der Waals surface area contributed by atoms with Gasteiger partial charge >= 0.3 is 0 Å². The fraction of sp³-hybridized carbons (Fsp3) is 0.316. The Kier molecular flexibility index (Phi) is 7.20. The number of methoxy groups -OCH3 is 1. The van der Waals surface area contributed by atoms with E-state index in [2.05, 4.69) is 14.9 Å². The normalized spacial score (nSPS) is 11.1. The summed E-state index contributed by atoms with van der Waals surface area (Å²) in [7, 11) is 0.962. The molecule has 0 saturated heterocycles. The predicted octanol–water partition coefficient (Wildman–Crippen LogP) is 1.86. The molecule has 7 nitrogen and oxygen atoms in total. The van der Waals surface area contributed by atoms with Gasteiger partial charge in [-0.15, -0.1) is 0 Å². The largest absolute Gasteiger partial charge is 0.495 e. The van der Waals surface area contributed by atoms with Crippen molar-refractivity contribution >= 4 is 21.6 Å². The van der Waals surface area contributed by atoms with E-state index in [0.717, 1.165) is 18.7 Å². The maximum Gasteiger partial charge on any atom is 0.251 e. The molecule has 0 aliphatic rings. The van der Waals surface area contributed by atoms with E-state index in [9.17, 15) is 13.2 Å². The number of carbonyl (C=O) groups is 1. The quantitative estimate of drug-likeness (QED) is 0.637. The van der Waals surface area contributed by atoms with Gasteiger partial charge in [-0.3, -0.25) is 4.79 Å². The monoisotopic (exact) mass is 391 g/mol. The molecule has 0 aliphatic heterocycles. The molecule has 0 saturated carbocycles. The van der Waals surface area contributed by atoms with E-state index < -0.39 is 10.0 Å². The SMILES string of the molecule is CNS(=O)(=O)c1cc(C(=O)NCCCN(C)c2ccccc2)ccc1OC. The van der Waals surface area contributed by atoms with Gasteiger partial charge in [0.15, 0.2) is 0 Å². The molecule has 2 N–H and O–H groups in total. The van der Waals surface area contributed by atoms with Crippen molar-refractivity contribution in [3.63, 3.8) is 0 Å². The highest BCUT2D eigenvalue weighted by Crippen LogP contribution is 2.24. The Bertz CT molecular complexity index is 870. The van der Waals surface area contributed by atoms with Crippen molar-refractivity contribution in [2.75, 3.05) is 39.2 Å². The van der Waals surface area contributed by atoms with E-state index >= 15 is 0 Å². The molecule has 2 rings (SSSR count). The lowest BCUT2D eigenvalue weighted by Crippen LogP contribution is -2.28. The molecule has 0 heterocycles. The zero-order valence-electron chi connectivity index (χ0n) is 15.7. The molecule has 1 amide bonds. The molecule has 0 unspecified atom stereocenters. The first kappa shape index (κ1) is 20.7. The number of hydrogen-bond donors (Lipinski definition) is 2. The van der Waals surface area contributed by atoms with E-state index in [1.54, 1.807) is 6.07 Å². The van der Waals surface area contributed by atoms with Gasteiger partial charge in [-0.1, -0.05) is 18.2 Å². The lowest BCUT2D eigenvalue weighted by atomic mass is 10.2. The molecule has 146 valence electrons. The maximum absolute atomic E-state index is 12.3. The Labute approximate surface area is 160 Å². The lowest BCUT2D eigenvalue weighted by Gasteiger charge is -2.19. The number of para-hydroxylation sites is 1. The third-order valence-electron chi connectivity index (χ3n) is 4.14. The van der Waals surface area contributed by atoms with E-state index in [1.165, 1.54) is 26.3 Å². The molecule has 2 aromatic carbocycles. The number of sulfonamides is 1. The van der Waals surface area contributed by atoms with Crippen LogP contribution in [0, 0.1) is 0 Å². The van der Waals surface area contributed by atoms with E-state index in [1.807, 2.05) is 37.4 Å². The highest BCUT2D eigenvalue weighted by molar-refractivity contribution is 7.89. The number of hydrogen-bond acceptors (Lipinski definition) is 5. The second kappa shape index (κ2) is 9.38. The van der Waals surface area contributed by atoms with Crippen molar-refractivity contribution in [2.24, 2.45) is 0 Å². The minimum absolute atomic E-state index is 0.0658. The molecule has 0 spiro atoms. The second-order valence-corrected chi connectivity index (χ2v) is 7.79. The molecule has 0 bridgehead atoms. The molecule has 0 aromatic heterocycles. The zero-order chi connectivity index (χ0) is 19.9. The van der Waals surface area contributed by atoms with Crippen LogP contribution < -0.4 is 19.7 Å². The smallest absolute Gasteiger partial charge is 0.251 e. The maximum atomic E-state index is 12.3. The Morgan fingerprint density at radius 2 is 1.85 bits per heavy atom. The summed E-state index contributed by atoms with van der Waals surface area (Å²) in [6.07, 6.45) is 0.759. The number of anilines is 1. The first-order valence-corrected chi connectivity index (χ1v) is 10.0. The van der Waals surface area contributed by atoms with Gasteiger partial charge in [-0.25, -0.2) is 13.1 Å². The van der Waals surface area contributed by atoms with Crippen LogP contribution in [0.3, 0.4) is 0 Å². The number of benzene rings is 2. The molecule has 0 radical (unpaired) electrons. The number of amides is 1. The molecular formula is C19H25N3O4S. The summed E-state index contributed by atoms with van der Waals surface area (Å²) < 4.78 is 31.5. The standard InChI is InChI=1S/C19H25N3O4S/c1-20-27(24,25)18-14-15(10-11-17(18)26-3)19(23)21-12-7-13-22(2)16-8-5-4-6-9-16/h4-6,8-11,14,20H,7,12-13H2,1-3H3,(H,21,23). The Hall–Kier alpha value is -2.58. The third kappa shape index (κ3) is 5.45. The summed E-state index contributed by atoms with van der Waals surface area (Å²) in [6, 6.07) is 14.3. The Morgan fingerprint density at radius 3 is 2.48 bits per heavy atom. The average molecular weight is 391 g/mol. The lowest BCUT2D eigenvalue weighted by molar-refractivity contribution is 0.0953. The number of carbonyl (C=O) groups excluding carboxylic acids is 1. The van der Waals surface area contributed by atoms with Crippen LogP contribution in [-0.2, 0) is 10.0 Å². The van der Waals surface area contributed by atoms with Gasteiger partial charge in [0.1, 0.15) is 10.6 Å². The van der Waals surface area contributed by atoms with Gasteiger partial charge in [0, 0.05) is 31.4 Å². The van der Waals surface area contributed by atoms with Crippen molar-refractivity contribution in [2.45, 2.75) is 11.3 Å². The average Bonchev–Trinajstić information content (AvgIpc) is 2.70. The first-order chi connectivity index (χ1) is 12.9. The van der Waals surface area contributed by atoms with Crippen molar-refractivity contribution in [3.05, 3.63) is 54.1 Å². The van der Waals surface area contributed by atoms with Crippen LogP contribution in [0.4, 0.5) is 5.69 Å². The van der Waals surface area contributed by atoms with Crippen LogP contribution in [-0.4, -0.2) is 48.6 Å². The number of ether oxygens (including phenoxy) is 1. The number of rotatable bonds is 9. The van der Waals surface area contributed by atoms with Gasteiger partial charge in [-0.2, -0.15) is 0 Å². The minimum atomic E-state index is -3.73. The summed E-state index contributed by atoms with van der Waals surface area (Å²) in [6.45, 7) is 1.27. The van der Waals surface area contributed by atoms with Crippen molar-refractivity contribution in [1.82, 2.24) is 10.0 Å². The van der Waals surface area contributed by atoms with E-state index in [4.69, 9.17) is 4.74 Å². The topological polar surface area (TPSA) is 87.7 Å². The van der Waals surface area contributed by atoms with Gasteiger partial charge in [0.25, 0.3) is 5.91 Å². The molecule has 2 aromatic rings. The minimum Gasteiger partial charge on any atom is -0.495 e. The van der Waals surface area contributed by atoms with Crippen LogP contribution in [0.15, 0.2) is 53.4 Å². The summed E-state index contributed by atoms with van der Waals surface area (Å²) in [5, 5.41) is 2.82. The van der Waals surface area contributed by atoms with Crippen LogP contribution in [0.25, 0.3) is 0 Å². The molecule has 27 heavy (non-hydrogen) atoms. The summed E-state index contributed by atoms with van der Waals surface area (Å²) in [4.78, 5) is 14.4. The second-order valence-electron chi connectivity index (χ2n) is 5.94. The highest BCUT2D eigenvalue weighted by Gasteiger charge is 2.20. The van der Waals surface area contributed by atoms with Gasteiger partial charge in [0.2, 0.25) is 10.0 Å². The van der Waals surface area contributed by atoms with Crippen molar-refractivity contribution < 1.29 is 17.9 Å². The predicted molar refractivity (Wildman–Crippen MR) is 106 cm³/mol. The van der Waals surface area contributed by atoms with Crippen molar-refractivity contribution in [3.8, 4) is 5.75 Å². The zero-order valence-corrected chi connectivity index (χ0v) is 16.5. The van der Waals surface area contributed by atoms with E-state index in [0.29, 0.717) is 6.54 Å². The van der Waals surface area contributed by atoms with Crippen LogP contribution in [0.5, 0.6) is 5.75 Å². The summed E-state index contributed by atoms with van der Waals surface area (Å²) in [5.74, 6) is -0.141. The summed E-state index contributed by atoms with van der Waals surface area (Å²) >= 11 is 0. The first-order valence-electron chi connectivity index (χ1n) is 8.55. The van der Waals surface area contributed by atoms with Crippen LogP contribution in [0.2, 0.25) is 0 Å².